The highest BCUT2D eigenvalue weighted by atomic mass is 16.4. The first-order valence-electron chi connectivity index (χ1n) is 8.51. The third-order valence-corrected chi connectivity index (χ3v) is 4.39. The highest BCUT2D eigenvalue weighted by Gasteiger charge is 2.18. The first kappa shape index (κ1) is 16.2. The van der Waals surface area contributed by atoms with Crippen molar-refractivity contribution in [2.45, 2.75) is 19.4 Å². The zero-order valence-corrected chi connectivity index (χ0v) is 14.1. The van der Waals surface area contributed by atoms with Gasteiger partial charge in [-0.05, 0) is 18.9 Å². The van der Waals surface area contributed by atoms with Crippen molar-refractivity contribution in [2.75, 3.05) is 24.5 Å². The van der Waals surface area contributed by atoms with E-state index in [0.717, 1.165) is 36.2 Å². The molecule has 0 bridgehead atoms. The zero-order valence-electron chi connectivity index (χ0n) is 14.1. The highest BCUT2D eigenvalue weighted by Crippen LogP contribution is 2.25. The normalized spacial score (nSPS) is 14.1. The van der Waals surface area contributed by atoms with E-state index >= 15 is 0 Å². The second-order valence-electron chi connectivity index (χ2n) is 6.10. The molecule has 1 saturated heterocycles. The van der Waals surface area contributed by atoms with Crippen LogP contribution in [0.4, 0.5) is 5.82 Å². The molecule has 3 aromatic rings. The largest absolute Gasteiger partial charge is 0.430 e. The molecule has 1 fully saturated rings. The van der Waals surface area contributed by atoms with Crippen LogP contribution in [0.1, 0.15) is 23.2 Å². The number of carbonyl (C=O) groups excluding carboxylic acids is 1. The van der Waals surface area contributed by atoms with E-state index in [1.807, 2.05) is 0 Å². The van der Waals surface area contributed by atoms with E-state index in [1.54, 1.807) is 17.2 Å². The Balaban J connectivity index is 1.44. The highest BCUT2D eigenvalue weighted by molar-refractivity contribution is 5.93. The lowest BCUT2D eigenvalue weighted by atomic mass is 10.3. The van der Waals surface area contributed by atoms with E-state index in [2.05, 4.69) is 25.3 Å². The fraction of sp³-hybridized carbons (Fsp3) is 0.353. The number of anilines is 1. The summed E-state index contributed by atoms with van der Waals surface area (Å²) < 4.78 is 6.45. The van der Waals surface area contributed by atoms with Gasteiger partial charge in [-0.25, -0.2) is 19.4 Å². The van der Waals surface area contributed by atoms with Gasteiger partial charge < -0.3 is 14.6 Å². The van der Waals surface area contributed by atoms with Gasteiger partial charge in [0, 0.05) is 25.7 Å². The van der Waals surface area contributed by atoms with Gasteiger partial charge in [-0.2, -0.15) is 5.10 Å². The average Bonchev–Trinajstić information content (AvgIpc) is 3.32. The van der Waals surface area contributed by atoms with Gasteiger partial charge in [0.15, 0.2) is 5.65 Å². The van der Waals surface area contributed by atoms with Crippen LogP contribution in [0, 0.1) is 0 Å². The fourth-order valence-electron chi connectivity index (χ4n) is 3.09. The molecule has 1 aliphatic heterocycles. The quantitative estimate of drug-likeness (QED) is 0.722. The summed E-state index contributed by atoms with van der Waals surface area (Å²) in [5.41, 5.74) is 0.563. The Kier molecular flexibility index (Phi) is 4.34. The second kappa shape index (κ2) is 6.95. The van der Waals surface area contributed by atoms with Crippen molar-refractivity contribution in [3.8, 4) is 0 Å². The average molecular weight is 354 g/mol. The van der Waals surface area contributed by atoms with Crippen LogP contribution < -0.4 is 15.8 Å². The number of nitrogens with zero attached hydrogens (tertiary/aromatic N) is 5. The summed E-state index contributed by atoms with van der Waals surface area (Å²) in [6.45, 7) is 2.85. The van der Waals surface area contributed by atoms with Crippen LogP contribution in [0.25, 0.3) is 11.0 Å². The molecule has 1 amide bonds. The second-order valence-corrected chi connectivity index (χ2v) is 6.10. The topological polar surface area (TPSA) is 106 Å². The minimum atomic E-state index is -0.488. The molecule has 0 aliphatic carbocycles. The maximum Gasteiger partial charge on any atom is 0.335 e. The van der Waals surface area contributed by atoms with Crippen molar-refractivity contribution in [3.05, 3.63) is 46.9 Å². The summed E-state index contributed by atoms with van der Waals surface area (Å²) in [7, 11) is 0. The molecule has 1 aliphatic rings. The van der Waals surface area contributed by atoms with E-state index in [-0.39, 0.29) is 5.91 Å². The lowest BCUT2D eigenvalue weighted by Crippen LogP contribution is -2.27. The Labute approximate surface area is 148 Å². The van der Waals surface area contributed by atoms with Crippen LogP contribution in [0.5, 0.6) is 0 Å². The number of carbonyl (C=O) groups is 1. The minimum Gasteiger partial charge on any atom is -0.430 e. The molecule has 0 atom stereocenters. The minimum absolute atomic E-state index is 0.300. The molecule has 9 nitrogen and oxygen atoms in total. The first-order valence-corrected chi connectivity index (χ1v) is 8.51. The number of fused-ring (bicyclic) bond motifs is 1. The van der Waals surface area contributed by atoms with E-state index < -0.39 is 5.63 Å². The van der Waals surface area contributed by atoms with E-state index in [9.17, 15) is 9.59 Å². The number of rotatable bonds is 5. The van der Waals surface area contributed by atoms with Crippen LogP contribution in [-0.4, -0.2) is 45.3 Å². The van der Waals surface area contributed by atoms with Crippen LogP contribution in [-0.2, 0) is 6.54 Å². The van der Waals surface area contributed by atoms with Gasteiger partial charge >= 0.3 is 5.63 Å². The summed E-state index contributed by atoms with van der Waals surface area (Å²) >= 11 is 0. The number of amides is 1. The monoisotopic (exact) mass is 354 g/mol. The smallest absolute Gasteiger partial charge is 0.335 e. The number of hydrogen-bond acceptors (Lipinski definition) is 7. The molecule has 0 aromatic carbocycles. The van der Waals surface area contributed by atoms with Gasteiger partial charge in [0.1, 0.15) is 18.4 Å². The van der Waals surface area contributed by atoms with Gasteiger partial charge in [0.2, 0.25) is 0 Å². The summed E-state index contributed by atoms with van der Waals surface area (Å²) in [5.74, 6) is 0.611. The third kappa shape index (κ3) is 3.15. The molecular formula is C17H18N6O3. The van der Waals surface area contributed by atoms with Crippen molar-refractivity contribution in [1.82, 2.24) is 25.1 Å². The molecule has 0 radical (unpaired) electrons. The molecule has 3 aromatic heterocycles. The predicted octanol–water partition coefficient (Wildman–Crippen LogP) is 0.810. The van der Waals surface area contributed by atoms with Crippen molar-refractivity contribution in [2.24, 2.45) is 0 Å². The molecule has 4 heterocycles. The number of hydrogen-bond donors (Lipinski definition) is 1. The van der Waals surface area contributed by atoms with Gasteiger partial charge in [-0.15, -0.1) is 0 Å². The molecule has 0 saturated carbocycles. The number of nitrogens with one attached hydrogen (secondary N) is 1. The predicted molar refractivity (Wildman–Crippen MR) is 94.1 cm³/mol. The van der Waals surface area contributed by atoms with Gasteiger partial charge in [-0.1, -0.05) is 0 Å². The number of aromatic nitrogens is 4. The molecule has 26 heavy (non-hydrogen) atoms. The third-order valence-electron chi connectivity index (χ3n) is 4.39. The van der Waals surface area contributed by atoms with Crippen LogP contribution >= 0.6 is 0 Å². The van der Waals surface area contributed by atoms with Crippen LogP contribution in [0.15, 0.2) is 40.1 Å². The lowest BCUT2D eigenvalue weighted by molar-refractivity contribution is 0.0949. The zero-order chi connectivity index (χ0) is 17.9. The Bertz CT molecular complexity index is 969. The SMILES string of the molecule is O=C(NCCn1ncc2c(N3CCCC3)ncnc21)c1ccc(=O)oc1. The Morgan fingerprint density at radius 3 is 2.85 bits per heavy atom. The summed E-state index contributed by atoms with van der Waals surface area (Å²) in [6.07, 6.45) is 6.82. The Morgan fingerprint density at radius 2 is 2.08 bits per heavy atom. The van der Waals surface area contributed by atoms with Crippen molar-refractivity contribution >= 4 is 22.8 Å². The van der Waals surface area contributed by atoms with E-state index in [1.165, 1.54) is 25.0 Å². The summed E-state index contributed by atoms with van der Waals surface area (Å²) in [6, 6.07) is 2.65. The molecular weight excluding hydrogens is 336 g/mol. The fourth-order valence-corrected chi connectivity index (χ4v) is 3.09. The van der Waals surface area contributed by atoms with E-state index in [0.29, 0.717) is 18.7 Å². The Morgan fingerprint density at radius 1 is 1.23 bits per heavy atom. The molecule has 1 N–H and O–H groups in total. The van der Waals surface area contributed by atoms with Gasteiger partial charge in [0.25, 0.3) is 5.91 Å². The van der Waals surface area contributed by atoms with E-state index in [4.69, 9.17) is 4.42 Å². The maximum absolute atomic E-state index is 12.0. The molecule has 9 heteroatoms. The molecule has 4 rings (SSSR count). The summed E-state index contributed by atoms with van der Waals surface area (Å²) in [5, 5.41) is 8.08. The first-order chi connectivity index (χ1) is 12.7. The maximum atomic E-state index is 12.0. The van der Waals surface area contributed by atoms with Crippen LogP contribution in [0.3, 0.4) is 0 Å². The molecule has 134 valence electrons. The van der Waals surface area contributed by atoms with Crippen molar-refractivity contribution in [3.63, 3.8) is 0 Å². The lowest BCUT2D eigenvalue weighted by Gasteiger charge is -2.16. The van der Waals surface area contributed by atoms with Crippen LogP contribution in [0.2, 0.25) is 0 Å². The van der Waals surface area contributed by atoms with Crippen molar-refractivity contribution in [1.29, 1.82) is 0 Å². The van der Waals surface area contributed by atoms with Gasteiger partial charge in [0.05, 0.1) is 23.7 Å². The molecule has 0 spiro atoms. The molecule has 0 unspecified atom stereocenters. The standard InChI is InChI=1S/C17H18N6O3/c24-14-4-3-12(10-26-14)17(25)18-5-8-23-16-13(9-21-23)15(19-11-20-16)22-6-1-2-7-22/h3-4,9-11H,1-2,5-8H2,(H,18,25). The van der Waals surface area contributed by atoms with Gasteiger partial charge in [-0.3, -0.25) is 4.79 Å². The Hall–Kier alpha value is -3.23. The van der Waals surface area contributed by atoms with Crippen molar-refractivity contribution < 1.29 is 9.21 Å². The summed E-state index contributed by atoms with van der Waals surface area (Å²) in [4.78, 5) is 34.0.